The summed E-state index contributed by atoms with van der Waals surface area (Å²) < 4.78 is 5.92. The molecule has 0 amide bonds. The van der Waals surface area contributed by atoms with Crippen LogP contribution in [0.5, 0.6) is 0 Å². The minimum atomic E-state index is 0.914. The molecule has 0 unspecified atom stereocenters. The zero-order chi connectivity index (χ0) is 14.9. The molecule has 0 aliphatic carbocycles. The standard InChI is InChI=1S/C21H16O/c1-15-5-4-7-18(13-15)16-9-11-17(12-10-16)21-14-19-6-2-3-8-20(19)22-21/h2-14H,1H3. The summed E-state index contributed by atoms with van der Waals surface area (Å²) in [5.41, 5.74) is 5.78. The summed E-state index contributed by atoms with van der Waals surface area (Å²) in [4.78, 5) is 0. The predicted octanol–water partition coefficient (Wildman–Crippen LogP) is 6.08. The number of hydrogen-bond donors (Lipinski definition) is 0. The molecule has 0 saturated carbocycles. The van der Waals surface area contributed by atoms with E-state index in [9.17, 15) is 0 Å². The van der Waals surface area contributed by atoms with Crippen LogP contribution in [0, 0.1) is 6.92 Å². The SMILES string of the molecule is Cc1cccc(-c2ccc(-c3cc4ccccc4o3)cc2)c1. The lowest BCUT2D eigenvalue weighted by molar-refractivity contribution is 0.631. The fraction of sp³-hybridized carbons (Fsp3) is 0.0476. The molecule has 1 heteroatoms. The monoisotopic (exact) mass is 284 g/mol. The Morgan fingerprint density at radius 3 is 2.18 bits per heavy atom. The van der Waals surface area contributed by atoms with Gasteiger partial charge in [-0.1, -0.05) is 72.3 Å². The van der Waals surface area contributed by atoms with Gasteiger partial charge in [0.2, 0.25) is 0 Å². The van der Waals surface area contributed by atoms with Crippen molar-refractivity contribution in [2.24, 2.45) is 0 Å². The summed E-state index contributed by atoms with van der Waals surface area (Å²) >= 11 is 0. The minimum absolute atomic E-state index is 0.914. The second-order valence-corrected chi connectivity index (χ2v) is 5.60. The van der Waals surface area contributed by atoms with Crippen molar-refractivity contribution in [3.63, 3.8) is 0 Å². The van der Waals surface area contributed by atoms with E-state index in [1.54, 1.807) is 0 Å². The Bertz CT molecular complexity index is 896. The van der Waals surface area contributed by atoms with Gasteiger partial charge in [0.25, 0.3) is 0 Å². The zero-order valence-electron chi connectivity index (χ0n) is 12.4. The fourth-order valence-electron chi connectivity index (χ4n) is 2.78. The lowest BCUT2D eigenvalue weighted by Gasteiger charge is -2.04. The first-order valence-corrected chi connectivity index (χ1v) is 7.46. The average molecular weight is 284 g/mol. The molecule has 1 aromatic heterocycles. The van der Waals surface area contributed by atoms with E-state index in [2.05, 4.69) is 67.6 Å². The largest absolute Gasteiger partial charge is 0.456 e. The molecule has 0 radical (unpaired) electrons. The summed E-state index contributed by atoms with van der Waals surface area (Å²) in [5, 5.41) is 1.14. The van der Waals surface area contributed by atoms with Crippen LogP contribution in [0.3, 0.4) is 0 Å². The Labute approximate surface area is 129 Å². The Morgan fingerprint density at radius 1 is 0.636 bits per heavy atom. The van der Waals surface area contributed by atoms with E-state index in [4.69, 9.17) is 4.42 Å². The van der Waals surface area contributed by atoms with E-state index < -0.39 is 0 Å². The van der Waals surface area contributed by atoms with E-state index in [-0.39, 0.29) is 0 Å². The van der Waals surface area contributed by atoms with Gasteiger partial charge in [0, 0.05) is 10.9 Å². The van der Waals surface area contributed by atoms with Crippen molar-refractivity contribution in [3.8, 4) is 22.5 Å². The third-order valence-electron chi connectivity index (χ3n) is 3.95. The molecule has 106 valence electrons. The predicted molar refractivity (Wildman–Crippen MR) is 91.8 cm³/mol. The maximum Gasteiger partial charge on any atom is 0.135 e. The van der Waals surface area contributed by atoms with Crippen molar-refractivity contribution in [2.45, 2.75) is 6.92 Å². The van der Waals surface area contributed by atoms with Crippen molar-refractivity contribution in [3.05, 3.63) is 84.4 Å². The molecule has 4 rings (SSSR count). The van der Waals surface area contributed by atoms with Crippen molar-refractivity contribution >= 4 is 11.0 Å². The molecule has 22 heavy (non-hydrogen) atoms. The molecule has 0 atom stereocenters. The normalized spacial score (nSPS) is 11.0. The van der Waals surface area contributed by atoms with E-state index >= 15 is 0 Å². The van der Waals surface area contributed by atoms with E-state index in [0.717, 1.165) is 22.3 Å². The number of rotatable bonds is 2. The van der Waals surface area contributed by atoms with Crippen LogP contribution in [0.2, 0.25) is 0 Å². The molecular formula is C21H16O. The van der Waals surface area contributed by atoms with Gasteiger partial charge in [0.15, 0.2) is 0 Å². The molecule has 0 spiro atoms. The van der Waals surface area contributed by atoms with Gasteiger partial charge in [-0.15, -0.1) is 0 Å². The topological polar surface area (TPSA) is 13.1 Å². The number of hydrogen-bond acceptors (Lipinski definition) is 1. The molecule has 0 fully saturated rings. The number of furan rings is 1. The second-order valence-electron chi connectivity index (χ2n) is 5.60. The molecular weight excluding hydrogens is 268 g/mol. The number of para-hydroxylation sites is 1. The van der Waals surface area contributed by atoms with Crippen LogP contribution < -0.4 is 0 Å². The first kappa shape index (κ1) is 12.9. The highest BCUT2D eigenvalue weighted by atomic mass is 16.3. The molecule has 0 saturated heterocycles. The van der Waals surface area contributed by atoms with Crippen LogP contribution in [0.25, 0.3) is 33.4 Å². The lowest BCUT2D eigenvalue weighted by atomic mass is 10.0. The summed E-state index contributed by atoms with van der Waals surface area (Å²) in [6.07, 6.45) is 0. The molecule has 0 bridgehead atoms. The lowest BCUT2D eigenvalue weighted by Crippen LogP contribution is -1.80. The quantitative estimate of drug-likeness (QED) is 0.435. The second kappa shape index (κ2) is 5.19. The van der Waals surface area contributed by atoms with E-state index in [0.29, 0.717) is 0 Å². The van der Waals surface area contributed by atoms with Gasteiger partial charge in [0.05, 0.1) is 0 Å². The van der Waals surface area contributed by atoms with Crippen molar-refractivity contribution in [1.29, 1.82) is 0 Å². The molecule has 4 aromatic rings. The van der Waals surface area contributed by atoms with Gasteiger partial charge >= 0.3 is 0 Å². The Balaban J connectivity index is 1.72. The van der Waals surface area contributed by atoms with Crippen molar-refractivity contribution in [1.82, 2.24) is 0 Å². The van der Waals surface area contributed by atoms with Crippen LogP contribution in [0.1, 0.15) is 5.56 Å². The van der Waals surface area contributed by atoms with Gasteiger partial charge in [-0.05, 0) is 30.2 Å². The molecule has 0 aliphatic rings. The molecule has 3 aromatic carbocycles. The van der Waals surface area contributed by atoms with Crippen LogP contribution in [-0.2, 0) is 0 Å². The molecule has 1 nitrogen and oxygen atoms in total. The van der Waals surface area contributed by atoms with Gasteiger partial charge in [-0.25, -0.2) is 0 Å². The van der Waals surface area contributed by atoms with Gasteiger partial charge < -0.3 is 4.42 Å². The van der Waals surface area contributed by atoms with Crippen LogP contribution >= 0.6 is 0 Å². The minimum Gasteiger partial charge on any atom is -0.456 e. The van der Waals surface area contributed by atoms with Crippen LogP contribution in [-0.4, -0.2) is 0 Å². The third-order valence-corrected chi connectivity index (χ3v) is 3.95. The maximum atomic E-state index is 5.92. The maximum absolute atomic E-state index is 5.92. The number of fused-ring (bicyclic) bond motifs is 1. The highest BCUT2D eigenvalue weighted by Crippen LogP contribution is 2.29. The fourth-order valence-corrected chi connectivity index (χ4v) is 2.78. The first-order valence-electron chi connectivity index (χ1n) is 7.46. The Kier molecular flexibility index (Phi) is 3.05. The first-order chi connectivity index (χ1) is 10.8. The smallest absolute Gasteiger partial charge is 0.135 e. The molecule has 0 aliphatic heterocycles. The number of aryl methyl sites for hydroxylation is 1. The summed E-state index contributed by atoms with van der Waals surface area (Å²) in [5.74, 6) is 0.914. The van der Waals surface area contributed by atoms with E-state index in [1.165, 1.54) is 16.7 Å². The highest BCUT2D eigenvalue weighted by molar-refractivity contribution is 5.83. The van der Waals surface area contributed by atoms with Crippen LogP contribution in [0.15, 0.2) is 83.3 Å². The zero-order valence-corrected chi connectivity index (χ0v) is 12.4. The average Bonchev–Trinajstić information content (AvgIpc) is 2.99. The van der Waals surface area contributed by atoms with Gasteiger partial charge in [-0.3, -0.25) is 0 Å². The van der Waals surface area contributed by atoms with Crippen molar-refractivity contribution < 1.29 is 4.42 Å². The summed E-state index contributed by atoms with van der Waals surface area (Å²) in [6, 6.07) is 27.3. The number of benzene rings is 3. The molecule has 0 N–H and O–H groups in total. The van der Waals surface area contributed by atoms with E-state index in [1.807, 2.05) is 18.2 Å². The summed E-state index contributed by atoms with van der Waals surface area (Å²) in [6.45, 7) is 2.12. The molecule has 1 heterocycles. The van der Waals surface area contributed by atoms with Crippen molar-refractivity contribution in [2.75, 3.05) is 0 Å². The van der Waals surface area contributed by atoms with Gasteiger partial charge in [-0.2, -0.15) is 0 Å². The van der Waals surface area contributed by atoms with Gasteiger partial charge in [0.1, 0.15) is 11.3 Å². The highest BCUT2D eigenvalue weighted by Gasteiger charge is 2.06. The third kappa shape index (κ3) is 2.31. The summed E-state index contributed by atoms with van der Waals surface area (Å²) in [7, 11) is 0. The Morgan fingerprint density at radius 2 is 1.41 bits per heavy atom. The Hall–Kier alpha value is -2.80. The van der Waals surface area contributed by atoms with Crippen LogP contribution in [0.4, 0.5) is 0 Å².